The lowest BCUT2D eigenvalue weighted by Gasteiger charge is -2.12. The first kappa shape index (κ1) is 28.0. The number of carbonyl (C=O) groups is 3. The largest absolute Gasteiger partial charge is 0.325 e. The van der Waals surface area contributed by atoms with Crippen LogP contribution in [-0.4, -0.2) is 23.5 Å². The molecule has 0 unspecified atom stereocenters. The van der Waals surface area contributed by atoms with Crippen LogP contribution in [0.3, 0.4) is 0 Å². The molecule has 0 aliphatic heterocycles. The van der Waals surface area contributed by atoms with Gasteiger partial charge >= 0.3 is 0 Å². The number of thioether (sulfide) groups is 1. The summed E-state index contributed by atoms with van der Waals surface area (Å²) < 4.78 is 0. The Bertz CT molecular complexity index is 1510. The van der Waals surface area contributed by atoms with Crippen molar-refractivity contribution in [1.29, 1.82) is 0 Å². The zero-order valence-corrected chi connectivity index (χ0v) is 22.8. The lowest BCUT2D eigenvalue weighted by atomic mass is 10.1. The highest BCUT2D eigenvalue weighted by Crippen LogP contribution is 2.26. The molecule has 4 aromatic rings. The maximum absolute atomic E-state index is 13.2. The number of hydrogen-bond donors (Lipinski definition) is 3. The minimum atomic E-state index is -0.484. The molecule has 0 aliphatic rings. The van der Waals surface area contributed by atoms with Gasteiger partial charge < -0.3 is 16.0 Å². The predicted octanol–water partition coefficient (Wildman–Crippen LogP) is 7.13. The van der Waals surface area contributed by atoms with Gasteiger partial charge in [0.2, 0.25) is 5.91 Å². The van der Waals surface area contributed by atoms with Gasteiger partial charge in [-0.2, -0.15) is 0 Å². The Balaban J connectivity index is 1.42. The molecular formula is C30H23Cl2N3O3S. The van der Waals surface area contributed by atoms with Gasteiger partial charge in [0, 0.05) is 21.8 Å². The molecule has 0 bridgehead atoms. The van der Waals surface area contributed by atoms with Crippen molar-refractivity contribution < 1.29 is 14.4 Å². The second-order valence-electron chi connectivity index (χ2n) is 8.24. The van der Waals surface area contributed by atoms with Gasteiger partial charge in [0.05, 0.1) is 15.8 Å². The SMILES string of the molecule is O=C(CSc1cccc(NC(=O)/C(=C/c2ccccc2)NC(=O)c2ccccc2)c1)Nc1ccc(Cl)c(Cl)c1. The second-order valence-corrected chi connectivity index (χ2v) is 10.1. The van der Waals surface area contributed by atoms with Gasteiger partial charge in [-0.1, -0.05) is 77.8 Å². The Morgan fingerprint density at radius 2 is 1.41 bits per heavy atom. The fourth-order valence-electron chi connectivity index (χ4n) is 3.44. The number of benzene rings is 4. The van der Waals surface area contributed by atoms with Crippen LogP contribution in [0.4, 0.5) is 11.4 Å². The maximum atomic E-state index is 13.2. The molecule has 0 atom stereocenters. The normalized spacial score (nSPS) is 11.0. The number of rotatable bonds is 9. The highest BCUT2D eigenvalue weighted by molar-refractivity contribution is 8.00. The Labute approximate surface area is 240 Å². The van der Waals surface area contributed by atoms with E-state index >= 15 is 0 Å². The van der Waals surface area contributed by atoms with Crippen LogP contribution in [0, 0.1) is 0 Å². The first-order valence-corrected chi connectivity index (χ1v) is 13.5. The molecule has 0 aromatic heterocycles. The van der Waals surface area contributed by atoms with Crippen molar-refractivity contribution in [2.45, 2.75) is 4.90 Å². The summed E-state index contributed by atoms with van der Waals surface area (Å²) in [5.74, 6) is -0.957. The highest BCUT2D eigenvalue weighted by Gasteiger charge is 2.15. The van der Waals surface area contributed by atoms with Crippen molar-refractivity contribution in [1.82, 2.24) is 5.32 Å². The van der Waals surface area contributed by atoms with Crippen LogP contribution in [0.1, 0.15) is 15.9 Å². The van der Waals surface area contributed by atoms with E-state index in [1.54, 1.807) is 66.7 Å². The molecule has 39 heavy (non-hydrogen) atoms. The molecule has 4 aromatic carbocycles. The van der Waals surface area contributed by atoms with E-state index in [0.717, 1.165) is 10.5 Å². The Morgan fingerprint density at radius 1 is 0.718 bits per heavy atom. The van der Waals surface area contributed by atoms with Crippen LogP contribution in [0.25, 0.3) is 6.08 Å². The summed E-state index contributed by atoms with van der Waals surface area (Å²) in [6, 6.07) is 29.9. The van der Waals surface area contributed by atoms with E-state index in [4.69, 9.17) is 23.2 Å². The minimum absolute atomic E-state index is 0.0918. The van der Waals surface area contributed by atoms with Gasteiger partial charge in [-0.25, -0.2) is 0 Å². The molecule has 3 amide bonds. The van der Waals surface area contributed by atoms with Gasteiger partial charge in [0.15, 0.2) is 0 Å². The van der Waals surface area contributed by atoms with Crippen molar-refractivity contribution in [2.24, 2.45) is 0 Å². The van der Waals surface area contributed by atoms with E-state index in [2.05, 4.69) is 16.0 Å². The lowest BCUT2D eigenvalue weighted by Crippen LogP contribution is -2.30. The van der Waals surface area contributed by atoms with Crippen LogP contribution in [0.5, 0.6) is 0 Å². The second kappa shape index (κ2) is 13.7. The number of halogens is 2. The molecule has 196 valence electrons. The van der Waals surface area contributed by atoms with Crippen molar-refractivity contribution >= 4 is 70.1 Å². The Morgan fingerprint density at radius 3 is 2.13 bits per heavy atom. The molecular weight excluding hydrogens is 553 g/mol. The lowest BCUT2D eigenvalue weighted by molar-refractivity contribution is -0.114. The first-order valence-electron chi connectivity index (χ1n) is 11.8. The zero-order valence-electron chi connectivity index (χ0n) is 20.5. The van der Waals surface area contributed by atoms with E-state index in [-0.39, 0.29) is 17.4 Å². The average Bonchev–Trinajstić information content (AvgIpc) is 2.95. The molecule has 9 heteroatoms. The number of carbonyl (C=O) groups excluding carboxylic acids is 3. The molecule has 3 N–H and O–H groups in total. The molecule has 0 heterocycles. The first-order chi connectivity index (χ1) is 18.9. The smallest absolute Gasteiger partial charge is 0.272 e. The summed E-state index contributed by atoms with van der Waals surface area (Å²) in [6.07, 6.45) is 1.61. The third kappa shape index (κ3) is 8.48. The fraction of sp³-hybridized carbons (Fsp3) is 0.0333. The summed E-state index contributed by atoms with van der Waals surface area (Å²) in [5, 5.41) is 9.09. The topological polar surface area (TPSA) is 87.3 Å². The summed E-state index contributed by atoms with van der Waals surface area (Å²) >= 11 is 13.2. The summed E-state index contributed by atoms with van der Waals surface area (Å²) in [4.78, 5) is 39.2. The van der Waals surface area contributed by atoms with Crippen LogP contribution < -0.4 is 16.0 Å². The van der Waals surface area contributed by atoms with Gasteiger partial charge in [0.1, 0.15) is 5.70 Å². The zero-order chi connectivity index (χ0) is 27.6. The van der Waals surface area contributed by atoms with E-state index in [1.807, 2.05) is 42.5 Å². The van der Waals surface area contributed by atoms with Crippen LogP contribution >= 0.6 is 35.0 Å². The molecule has 4 rings (SSSR count). The van der Waals surface area contributed by atoms with Crippen molar-refractivity contribution in [2.75, 3.05) is 16.4 Å². The van der Waals surface area contributed by atoms with Crippen LogP contribution in [0.2, 0.25) is 10.0 Å². The summed E-state index contributed by atoms with van der Waals surface area (Å²) in [7, 11) is 0. The molecule has 0 aliphatic carbocycles. The third-order valence-electron chi connectivity index (χ3n) is 5.30. The van der Waals surface area contributed by atoms with Crippen LogP contribution in [0.15, 0.2) is 114 Å². The van der Waals surface area contributed by atoms with Crippen molar-refractivity contribution in [3.8, 4) is 0 Å². The van der Waals surface area contributed by atoms with E-state index in [1.165, 1.54) is 11.8 Å². The summed E-state index contributed by atoms with van der Waals surface area (Å²) in [5.41, 5.74) is 2.35. The monoisotopic (exact) mass is 575 g/mol. The number of amides is 3. The molecule has 0 spiro atoms. The Kier molecular flexibility index (Phi) is 9.80. The van der Waals surface area contributed by atoms with E-state index in [9.17, 15) is 14.4 Å². The van der Waals surface area contributed by atoms with E-state index in [0.29, 0.717) is 27.0 Å². The van der Waals surface area contributed by atoms with Gasteiger partial charge in [0.25, 0.3) is 11.8 Å². The molecule has 0 radical (unpaired) electrons. The number of anilines is 2. The van der Waals surface area contributed by atoms with E-state index < -0.39 is 11.8 Å². The number of nitrogens with one attached hydrogen (secondary N) is 3. The van der Waals surface area contributed by atoms with Gasteiger partial charge in [-0.15, -0.1) is 11.8 Å². The fourth-order valence-corrected chi connectivity index (χ4v) is 4.49. The Hall–Kier alpha value is -4.04. The number of hydrogen-bond acceptors (Lipinski definition) is 4. The molecule has 0 saturated carbocycles. The van der Waals surface area contributed by atoms with Gasteiger partial charge in [-0.3, -0.25) is 14.4 Å². The minimum Gasteiger partial charge on any atom is -0.325 e. The molecule has 0 fully saturated rings. The summed E-state index contributed by atoms with van der Waals surface area (Å²) in [6.45, 7) is 0. The quantitative estimate of drug-likeness (QED) is 0.146. The third-order valence-corrected chi connectivity index (χ3v) is 7.04. The average molecular weight is 577 g/mol. The highest BCUT2D eigenvalue weighted by atomic mass is 35.5. The molecule has 0 saturated heterocycles. The van der Waals surface area contributed by atoms with Crippen LogP contribution in [-0.2, 0) is 9.59 Å². The van der Waals surface area contributed by atoms with Crippen molar-refractivity contribution in [3.05, 3.63) is 130 Å². The molecule has 6 nitrogen and oxygen atoms in total. The van der Waals surface area contributed by atoms with Crippen molar-refractivity contribution in [3.63, 3.8) is 0 Å². The standard InChI is InChI=1S/C30H23Cl2N3O3S/c31-25-15-14-23(18-26(25)32)33-28(36)19-39-24-13-7-12-22(17-24)34-30(38)27(16-20-8-3-1-4-9-20)35-29(37)21-10-5-2-6-11-21/h1-18H,19H2,(H,33,36)(H,34,38)(H,35,37)/b27-16-. The van der Waals surface area contributed by atoms with Gasteiger partial charge in [-0.05, 0) is 60.2 Å². The predicted molar refractivity (Wildman–Crippen MR) is 159 cm³/mol. The maximum Gasteiger partial charge on any atom is 0.272 e.